The molecule has 0 spiro atoms. The van der Waals surface area contributed by atoms with Crippen molar-refractivity contribution in [3.05, 3.63) is 18.0 Å². The van der Waals surface area contributed by atoms with Crippen LogP contribution in [-0.2, 0) is 4.79 Å². The molecule has 0 bridgehead atoms. The minimum absolute atomic E-state index is 0.0788. The number of anilines is 1. The van der Waals surface area contributed by atoms with Crippen LogP contribution in [0.3, 0.4) is 0 Å². The van der Waals surface area contributed by atoms with Crippen LogP contribution >= 0.6 is 0 Å². The third kappa shape index (κ3) is 3.00. The van der Waals surface area contributed by atoms with E-state index in [1.165, 1.54) is 70.4 Å². The number of allylic oxidation sites excluding steroid dienone is 3. The van der Waals surface area contributed by atoms with Crippen LogP contribution < -0.4 is 5.32 Å². The Morgan fingerprint density at radius 2 is 1.74 bits per heavy atom. The fourth-order valence-corrected chi connectivity index (χ4v) is 9.16. The van der Waals surface area contributed by atoms with E-state index < -0.39 is 0 Å². The van der Waals surface area contributed by atoms with Crippen molar-refractivity contribution in [2.75, 3.05) is 5.32 Å². The van der Waals surface area contributed by atoms with E-state index in [9.17, 15) is 4.79 Å². The number of nitrogens with zero attached hydrogens (tertiary/aromatic N) is 3. The van der Waals surface area contributed by atoms with Crippen LogP contribution in [0, 0.1) is 33.0 Å². The van der Waals surface area contributed by atoms with Gasteiger partial charge in [0.25, 0.3) is 0 Å². The first-order chi connectivity index (χ1) is 15.9. The average Bonchev–Trinajstić information content (AvgIpc) is 3.19. The summed E-state index contributed by atoms with van der Waals surface area (Å²) in [7, 11) is 0. The van der Waals surface area contributed by atoms with Gasteiger partial charge in [-0.15, -0.1) is 5.10 Å². The van der Waals surface area contributed by atoms with Gasteiger partial charge in [0, 0.05) is 23.5 Å². The normalized spacial score (nSPS) is 38.5. The molecule has 0 saturated heterocycles. The zero-order chi connectivity index (χ0) is 24.6. The number of carbonyl (C=O) groups excluding carboxylic acids is 1. The molecule has 186 valence electrons. The van der Waals surface area contributed by atoms with Gasteiger partial charge in [-0.05, 0) is 60.3 Å². The van der Waals surface area contributed by atoms with Crippen LogP contribution in [0.4, 0.5) is 5.95 Å². The van der Waals surface area contributed by atoms with Gasteiger partial charge in [0.1, 0.15) is 0 Å². The Hall–Kier alpha value is -1.91. The van der Waals surface area contributed by atoms with E-state index in [0.29, 0.717) is 22.7 Å². The van der Waals surface area contributed by atoms with Crippen molar-refractivity contribution in [1.29, 1.82) is 0 Å². The predicted octanol–water partition coefficient (Wildman–Crippen LogP) is 7.32. The summed E-state index contributed by atoms with van der Waals surface area (Å²) in [5.41, 5.74) is 2.21. The molecule has 3 aliphatic carbocycles. The van der Waals surface area contributed by atoms with E-state index in [-0.39, 0.29) is 22.2 Å². The third-order valence-corrected chi connectivity index (χ3v) is 10.9. The highest BCUT2D eigenvalue weighted by Gasteiger charge is 2.80. The molecule has 34 heavy (non-hydrogen) atoms. The molecule has 4 atom stereocenters. The van der Waals surface area contributed by atoms with Crippen molar-refractivity contribution < 1.29 is 4.79 Å². The first kappa shape index (κ1) is 23.8. The van der Waals surface area contributed by atoms with E-state index in [1.54, 1.807) is 0 Å². The van der Waals surface area contributed by atoms with Crippen molar-refractivity contribution in [2.24, 2.45) is 33.0 Å². The molecular formula is C29H44N4O. The van der Waals surface area contributed by atoms with E-state index in [2.05, 4.69) is 69.8 Å². The summed E-state index contributed by atoms with van der Waals surface area (Å²) >= 11 is 0. The lowest BCUT2D eigenvalue weighted by Gasteiger charge is -2.73. The largest absolute Gasteiger partial charge is 0.293 e. The van der Waals surface area contributed by atoms with Crippen molar-refractivity contribution in [2.45, 2.75) is 106 Å². The van der Waals surface area contributed by atoms with Crippen molar-refractivity contribution >= 4 is 23.6 Å². The van der Waals surface area contributed by atoms with Crippen molar-refractivity contribution in [1.82, 2.24) is 14.8 Å². The summed E-state index contributed by atoms with van der Waals surface area (Å²) in [5.74, 6) is 1.76. The molecule has 1 aliphatic heterocycles. The van der Waals surface area contributed by atoms with Gasteiger partial charge in [-0.25, -0.2) is 4.68 Å². The maximum absolute atomic E-state index is 11.8. The van der Waals surface area contributed by atoms with E-state index >= 15 is 0 Å². The third-order valence-electron chi connectivity index (χ3n) is 10.9. The highest BCUT2D eigenvalue weighted by atomic mass is 16.1. The highest BCUT2D eigenvalue weighted by molar-refractivity contribution is 5.86. The lowest BCUT2D eigenvalue weighted by molar-refractivity contribution is -0.223. The summed E-state index contributed by atoms with van der Waals surface area (Å²) in [4.78, 5) is 16.5. The number of amides is 1. The second-order valence-electron chi connectivity index (χ2n) is 13.2. The van der Waals surface area contributed by atoms with Crippen molar-refractivity contribution in [3.63, 3.8) is 0 Å². The smallest absolute Gasteiger partial charge is 0.249 e. The monoisotopic (exact) mass is 464 g/mol. The highest BCUT2D eigenvalue weighted by Crippen LogP contribution is 2.86. The Balaban J connectivity index is 1.71. The lowest BCUT2D eigenvalue weighted by atomic mass is 9.31. The number of aromatic nitrogens is 3. The number of carbonyl (C=O) groups is 1. The Bertz CT molecular complexity index is 1060. The fourth-order valence-electron chi connectivity index (χ4n) is 9.16. The molecule has 2 heterocycles. The molecule has 3 saturated carbocycles. The molecule has 5 nitrogen and oxygen atoms in total. The van der Waals surface area contributed by atoms with Crippen LogP contribution in [0.5, 0.6) is 0 Å². The van der Waals surface area contributed by atoms with Crippen molar-refractivity contribution in [3.8, 4) is 0 Å². The summed E-state index contributed by atoms with van der Waals surface area (Å²) in [6.45, 7) is 16.3. The molecule has 5 rings (SSSR count). The number of nitrogens with one attached hydrogen (secondary N) is 1. The number of rotatable bonds is 3. The molecule has 1 amide bonds. The standard InChI is InChI=1S/C29H44N4O/c1-20(2)28-14-11-9-8-10-13-26(6)19-29(17-16-28,27(26,28)7)22-18-25(4,5)15-12-23-31-24(30-21(3)34)32-33(22)23/h12,15,18,20H,8-11,13-14,16-17,19H2,1-7H3,(H,30,32,34). The average molecular weight is 465 g/mol. The van der Waals surface area contributed by atoms with Crippen LogP contribution in [0.15, 0.2) is 12.2 Å². The van der Waals surface area contributed by atoms with Gasteiger partial charge in [0.05, 0.1) is 0 Å². The minimum Gasteiger partial charge on any atom is -0.293 e. The fraction of sp³-hybridized carbons (Fsp3) is 0.759. The number of hydrogen-bond acceptors (Lipinski definition) is 3. The maximum Gasteiger partial charge on any atom is 0.249 e. The van der Waals surface area contributed by atoms with Gasteiger partial charge in [0.15, 0.2) is 5.82 Å². The molecule has 0 aromatic carbocycles. The lowest BCUT2D eigenvalue weighted by Crippen LogP contribution is -2.67. The molecule has 4 aliphatic rings. The van der Waals surface area contributed by atoms with Crippen LogP contribution in [-0.4, -0.2) is 20.7 Å². The quantitative estimate of drug-likeness (QED) is 0.509. The zero-order valence-electron chi connectivity index (χ0n) is 22.4. The maximum atomic E-state index is 11.8. The second kappa shape index (κ2) is 7.54. The first-order valence-corrected chi connectivity index (χ1v) is 13.6. The molecule has 0 radical (unpaired) electrons. The summed E-state index contributed by atoms with van der Waals surface area (Å²) in [6.07, 6.45) is 18.7. The van der Waals surface area contributed by atoms with Crippen LogP contribution in [0.2, 0.25) is 0 Å². The van der Waals surface area contributed by atoms with Crippen LogP contribution in [0.1, 0.15) is 112 Å². The molecule has 1 N–H and O–H groups in total. The first-order valence-electron chi connectivity index (χ1n) is 13.6. The number of hydrogen-bond donors (Lipinski definition) is 1. The van der Waals surface area contributed by atoms with Gasteiger partial charge < -0.3 is 0 Å². The topological polar surface area (TPSA) is 59.8 Å². The molecule has 1 aromatic heterocycles. The van der Waals surface area contributed by atoms with Gasteiger partial charge in [-0.1, -0.05) is 79.4 Å². The van der Waals surface area contributed by atoms with E-state index in [4.69, 9.17) is 10.1 Å². The molecule has 4 unspecified atom stereocenters. The summed E-state index contributed by atoms with van der Waals surface area (Å²) in [6, 6.07) is 0. The number of fused-ring (bicyclic) bond motifs is 1. The van der Waals surface area contributed by atoms with Gasteiger partial charge in [-0.3, -0.25) is 10.1 Å². The summed E-state index contributed by atoms with van der Waals surface area (Å²) < 4.78 is 2.09. The molecule has 3 fully saturated rings. The predicted molar refractivity (Wildman–Crippen MR) is 139 cm³/mol. The van der Waals surface area contributed by atoms with E-state index in [0.717, 1.165) is 5.82 Å². The summed E-state index contributed by atoms with van der Waals surface area (Å²) in [5, 5.41) is 7.71. The molecular weight excluding hydrogens is 420 g/mol. The zero-order valence-corrected chi connectivity index (χ0v) is 22.4. The minimum atomic E-state index is -0.132. The Morgan fingerprint density at radius 3 is 2.41 bits per heavy atom. The van der Waals surface area contributed by atoms with E-state index in [1.807, 2.05) is 0 Å². The SMILES string of the molecule is CC(=O)Nc1nc2n(n1)C(C13CCC4(C(C)C)CCCCCCC(C)(C1)C34C)=CC(C)(C)C=C2. The van der Waals surface area contributed by atoms with Crippen LogP contribution in [0.25, 0.3) is 11.8 Å². The van der Waals surface area contributed by atoms with Gasteiger partial charge in [0.2, 0.25) is 11.9 Å². The Morgan fingerprint density at radius 1 is 1.03 bits per heavy atom. The van der Waals surface area contributed by atoms with Gasteiger partial charge in [-0.2, -0.15) is 4.98 Å². The van der Waals surface area contributed by atoms with Gasteiger partial charge >= 0.3 is 0 Å². The Kier molecular flexibility index (Phi) is 5.28. The second-order valence-corrected chi connectivity index (χ2v) is 13.2. The molecule has 1 aromatic rings. The molecule has 5 heteroatoms. The Labute approximate surface area is 205 Å².